The molecule has 0 unspecified atom stereocenters. The van der Waals surface area contributed by atoms with Crippen LogP contribution in [-0.2, 0) is 17.0 Å². The van der Waals surface area contributed by atoms with Gasteiger partial charge in [-0.15, -0.1) is 0 Å². The summed E-state index contributed by atoms with van der Waals surface area (Å²) >= 11 is 1.35. The van der Waals surface area contributed by atoms with E-state index in [1.165, 1.54) is 18.9 Å². The Bertz CT molecular complexity index is 1360. The monoisotopic (exact) mass is 466 g/mol. The first kappa shape index (κ1) is 22.5. The molecule has 0 aliphatic heterocycles. The van der Waals surface area contributed by atoms with Gasteiger partial charge in [0, 0.05) is 0 Å². The van der Waals surface area contributed by atoms with Gasteiger partial charge in [-0.2, -0.15) is 0 Å². The average molecular weight is 467 g/mol. The first-order valence-corrected chi connectivity index (χ1v) is 11.0. The number of aromatic nitrogens is 2. The molecule has 0 saturated carbocycles. The van der Waals surface area contributed by atoms with Gasteiger partial charge in [0.2, 0.25) is 5.76 Å². The van der Waals surface area contributed by atoms with Crippen molar-refractivity contribution in [3.8, 4) is 11.5 Å². The minimum atomic E-state index is -0.541. The highest BCUT2D eigenvalue weighted by atomic mass is 32.2. The maximum Gasteiger partial charge on any atom is 0.373 e. The summed E-state index contributed by atoms with van der Waals surface area (Å²) in [7, 11) is 4.44. The van der Waals surface area contributed by atoms with Gasteiger partial charge in [-0.1, -0.05) is 30.0 Å². The van der Waals surface area contributed by atoms with Crippen molar-refractivity contribution in [3.05, 3.63) is 82.0 Å². The molecule has 0 amide bonds. The van der Waals surface area contributed by atoms with E-state index in [0.717, 1.165) is 5.56 Å². The largest absolute Gasteiger partial charge is 0.493 e. The molecule has 2 aromatic heterocycles. The number of para-hydroxylation sites is 1. The summed E-state index contributed by atoms with van der Waals surface area (Å²) in [4.78, 5) is 29.7. The zero-order valence-electron chi connectivity index (χ0n) is 18.4. The van der Waals surface area contributed by atoms with Gasteiger partial charge in [-0.3, -0.25) is 9.36 Å². The number of fused-ring (bicyclic) bond motifs is 1. The third-order valence-corrected chi connectivity index (χ3v) is 6.01. The standard InChI is InChI=1S/C24H22N2O6S/c1-29-19-10-8-15(12-21(19)30-2)13-26-22(27)17-6-4-5-7-18(17)25-24(26)33-14-16-9-11-20(32-16)23(28)31-3/h4-12H,13-14H2,1-3H3. The van der Waals surface area contributed by atoms with Crippen molar-refractivity contribution in [3.63, 3.8) is 0 Å². The van der Waals surface area contributed by atoms with E-state index in [-0.39, 0.29) is 11.3 Å². The molecule has 4 aromatic rings. The number of methoxy groups -OCH3 is 3. The minimum Gasteiger partial charge on any atom is -0.493 e. The fourth-order valence-corrected chi connectivity index (χ4v) is 4.25. The van der Waals surface area contributed by atoms with E-state index in [1.807, 2.05) is 30.3 Å². The van der Waals surface area contributed by atoms with Crippen LogP contribution >= 0.6 is 11.8 Å². The highest BCUT2D eigenvalue weighted by Crippen LogP contribution is 2.29. The van der Waals surface area contributed by atoms with Gasteiger partial charge in [0.05, 0.1) is 44.5 Å². The fourth-order valence-electron chi connectivity index (χ4n) is 3.36. The van der Waals surface area contributed by atoms with Crippen LogP contribution < -0.4 is 15.0 Å². The smallest absolute Gasteiger partial charge is 0.373 e. The molecule has 2 heterocycles. The number of furan rings is 1. The number of rotatable bonds is 8. The Hall–Kier alpha value is -3.72. The van der Waals surface area contributed by atoms with Crippen molar-refractivity contribution in [1.82, 2.24) is 9.55 Å². The van der Waals surface area contributed by atoms with Crippen LogP contribution in [0.1, 0.15) is 21.9 Å². The van der Waals surface area contributed by atoms with E-state index >= 15 is 0 Å². The maximum atomic E-state index is 13.3. The Balaban J connectivity index is 1.69. The summed E-state index contributed by atoms with van der Waals surface area (Å²) in [6, 6.07) is 16.0. The minimum absolute atomic E-state index is 0.127. The number of thioether (sulfide) groups is 1. The summed E-state index contributed by atoms with van der Waals surface area (Å²) in [5, 5.41) is 1.07. The second-order valence-corrected chi connectivity index (χ2v) is 7.98. The van der Waals surface area contributed by atoms with Gasteiger partial charge < -0.3 is 18.6 Å². The van der Waals surface area contributed by atoms with Gasteiger partial charge in [0.25, 0.3) is 5.56 Å². The Kier molecular flexibility index (Phi) is 6.69. The quantitative estimate of drug-likeness (QED) is 0.217. The number of carbonyl (C=O) groups excluding carboxylic acids is 1. The highest BCUT2D eigenvalue weighted by molar-refractivity contribution is 7.98. The van der Waals surface area contributed by atoms with E-state index in [2.05, 4.69) is 4.74 Å². The first-order chi connectivity index (χ1) is 16.0. The lowest BCUT2D eigenvalue weighted by Gasteiger charge is -2.14. The SMILES string of the molecule is COC(=O)c1ccc(CSc2nc3ccccc3c(=O)n2Cc2ccc(OC)c(OC)c2)o1. The first-order valence-electron chi connectivity index (χ1n) is 10.0. The van der Waals surface area contributed by atoms with Gasteiger partial charge in [0.1, 0.15) is 5.76 Å². The third-order valence-electron chi connectivity index (χ3n) is 5.01. The zero-order valence-corrected chi connectivity index (χ0v) is 19.2. The van der Waals surface area contributed by atoms with E-state index < -0.39 is 5.97 Å². The molecule has 4 rings (SSSR count). The summed E-state index contributed by atoms with van der Waals surface area (Å²) in [6.07, 6.45) is 0. The molecule has 0 spiro atoms. The number of nitrogens with zero attached hydrogens (tertiary/aromatic N) is 2. The predicted octanol–water partition coefficient (Wildman–Crippen LogP) is 4.13. The second kappa shape index (κ2) is 9.83. The average Bonchev–Trinajstić information content (AvgIpc) is 3.33. The topological polar surface area (TPSA) is 92.8 Å². The number of hydrogen-bond donors (Lipinski definition) is 0. The van der Waals surface area contributed by atoms with Crippen LogP contribution in [-0.4, -0.2) is 36.8 Å². The van der Waals surface area contributed by atoms with E-state index in [1.54, 1.807) is 43.1 Å². The normalized spacial score (nSPS) is 10.9. The van der Waals surface area contributed by atoms with Crippen molar-refractivity contribution in [2.75, 3.05) is 21.3 Å². The number of ether oxygens (including phenoxy) is 3. The molecule has 0 fully saturated rings. The molecule has 0 radical (unpaired) electrons. The van der Waals surface area contributed by atoms with E-state index in [9.17, 15) is 9.59 Å². The Morgan fingerprint density at radius 1 is 1.03 bits per heavy atom. The van der Waals surface area contributed by atoms with Gasteiger partial charge in [-0.25, -0.2) is 9.78 Å². The number of esters is 1. The van der Waals surface area contributed by atoms with Crippen LogP contribution in [0.3, 0.4) is 0 Å². The molecule has 2 aromatic carbocycles. The molecule has 0 saturated heterocycles. The van der Waals surface area contributed by atoms with E-state index in [0.29, 0.717) is 45.6 Å². The summed E-state index contributed by atoms with van der Waals surface area (Å²) in [6.45, 7) is 0.297. The molecule has 33 heavy (non-hydrogen) atoms. The highest BCUT2D eigenvalue weighted by Gasteiger charge is 2.16. The molecule has 8 nitrogen and oxygen atoms in total. The third kappa shape index (κ3) is 4.73. The van der Waals surface area contributed by atoms with E-state index in [4.69, 9.17) is 18.9 Å². The maximum absolute atomic E-state index is 13.3. The van der Waals surface area contributed by atoms with Crippen LogP contribution in [0.4, 0.5) is 0 Å². The molecule has 0 bridgehead atoms. The lowest BCUT2D eigenvalue weighted by molar-refractivity contribution is 0.0563. The molecular formula is C24H22N2O6S. The van der Waals surface area contributed by atoms with Crippen LogP contribution in [0.5, 0.6) is 11.5 Å². The number of benzene rings is 2. The molecule has 170 valence electrons. The van der Waals surface area contributed by atoms with Gasteiger partial charge >= 0.3 is 5.97 Å². The van der Waals surface area contributed by atoms with Gasteiger partial charge in [-0.05, 0) is 42.0 Å². The van der Waals surface area contributed by atoms with Crippen LogP contribution in [0, 0.1) is 0 Å². The predicted molar refractivity (Wildman–Crippen MR) is 124 cm³/mol. The lowest BCUT2D eigenvalue weighted by atomic mass is 10.2. The summed E-state index contributed by atoms with van der Waals surface area (Å²) in [5.74, 6) is 1.73. The van der Waals surface area contributed by atoms with Crippen molar-refractivity contribution < 1.29 is 23.4 Å². The van der Waals surface area contributed by atoms with Crippen LogP contribution in [0.2, 0.25) is 0 Å². The molecule has 0 aliphatic carbocycles. The molecule has 0 N–H and O–H groups in total. The molecule has 0 atom stereocenters. The van der Waals surface area contributed by atoms with Crippen molar-refractivity contribution in [2.24, 2.45) is 0 Å². The number of hydrogen-bond acceptors (Lipinski definition) is 8. The summed E-state index contributed by atoms with van der Waals surface area (Å²) in [5.41, 5.74) is 1.33. The molecule has 0 aliphatic rings. The van der Waals surface area contributed by atoms with Crippen molar-refractivity contribution in [2.45, 2.75) is 17.5 Å². The number of carbonyl (C=O) groups is 1. The van der Waals surface area contributed by atoms with Gasteiger partial charge in [0.15, 0.2) is 16.7 Å². The van der Waals surface area contributed by atoms with Crippen LogP contribution in [0.15, 0.2) is 69.0 Å². The fraction of sp³-hybridized carbons (Fsp3) is 0.208. The Morgan fingerprint density at radius 3 is 2.58 bits per heavy atom. The summed E-state index contributed by atoms with van der Waals surface area (Å²) < 4.78 is 22.6. The lowest BCUT2D eigenvalue weighted by Crippen LogP contribution is -2.24. The Labute approximate surface area is 194 Å². The van der Waals surface area contributed by atoms with Crippen molar-refractivity contribution in [1.29, 1.82) is 0 Å². The zero-order chi connectivity index (χ0) is 23.4. The molecular weight excluding hydrogens is 444 g/mol. The van der Waals surface area contributed by atoms with Crippen molar-refractivity contribution >= 4 is 28.6 Å². The molecule has 9 heteroatoms. The Morgan fingerprint density at radius 2 is 1.82 bits per heavy atom. The second-order valence-electron chi connectivity index (χ2n) is 7.04. The van der Waals surface area contributed by atoms with Crippen LogP contribution in [0.25, 0.3) is 10.9 Å².